The van der Waals surface area contributed by atoms with E-state index in [-0.39, 0.29) is 0 Å². The Hall–Kier alpha value is -2.21. The van der Waals surface area contributed by atoms with Crippen molar-refractivity contribution in [2.75, 3.05) is 0 Å². The van der Waals surface area contributed by atoms with Gasteiger partial charge in [-0.3, -0.25) is 4.68 Å². The van der Waals surface area contributed by atoms with Crippen molar-refractivity contribution in [2.24, 2.45) is 12.0 Å². The van der Waals surface area contributed by atoms with E-state index in [4.69, 9.17) is 4.74 Å². The molecule has 0 unspecified atom stereocenters. The molecule has 0 amide bonds. The van der Waals surface area contributed by atoms with Crippen molar-refractivity contribution in [3.05, 3.63) is 45.5 Å². The number of hydrogen-bond donors (Lipinski definition) is 0. The van der Waals surface area contributed by atoms with Crippen molar-refractivity contribution < 1.29 is 9.53 Å². The molecule has 0 aliphatic carbocycles. The van der Waals surface area contributed by atoms with Crippen molar-refractivity contribution >= 4 is 29.3 Å². The van der Waals surface area contributed by atoms with Crippen molar-refractivity contribution in [1.82, 2.24) is 9.78 Å². The zero-order chi connectivity index (χ0) is 13.4. The Kier molecular flexibility index (Phi) is 2.79. The highest BCUT2D eigenvalue weighted by molar-refractivity contribution is 7.12. The predicted octanol–water partition coefficient (Wildman–Crippen LogP) is 2.13. The molecule has 0 fully saturated rings. The van der Waals surface area contributed by atoms with Crippen LogP contribution in [0.3, 0.4) is 0 Å². The molecule has 3 heterocycles. The maximum absolute atomic E-state index is 11.8. The van der Waals surface area contributed by atoms with Crippen LogP contribution in [0.4, 0.5) is 0 Å². The number of thiophene rings is 1. The second-order valence-corrected chi connectivity index (χ2v) is 5.10. The van der Waals surface area contributed by atoms with Gasteiger partial charge in [0.1, 0.15) is 0 Å². The lowest BCUT2D eigenvalue weighted by atomic mass is 10.2. The van der Waals surface area contributed by atoms with Crippen LogP contribution in [0.1, 0.15) is 16.1 Å². The summed E-state index contributed by atoms with van der Waals surface area (Å²) in [7, 11) is 1.84. The molecule has 6 heteroatoms. The van der Waals surface area contributed by atoms with Crippen molar-refractivity contribution in [3.63, 3.8) is 0 Å². The van der Waals surface area contributed by atoms with E-state index in [1.807, 2.05) is 37.7 Å². The van der Waals surface area contributed by atoms with Gasteiger partial charge in [-0.1, -0.05) is 6.07 Å². The van der Waals surface area contributed by atoms with Crippen molar-refractivity contribution in [2.45, 2.75) is 6.92 Å². The molecular weight excluding hydrogens is 262 g/mol. The lowest BCUT2D eigenvalue weighted by Crippen LogP contribution is -2.03. The minimum atomic E-state index is -0.424. The maximum Gasteiger partial charge on any atom is 0.363 e. The van der Waals surface area contributed by atoms with E-state index < -0.39 is 5.97 Å². The maximum atomic E-state index is 11.8. The zero-order valence-electron chi connectivity index (χ0n) is 10.5. The fourth-order valence-corrected chi connectivity index (χ4v) is 2.47. The Labute approximate surface area is 113 Å². The first-order chi connectivity index (χ1) is 9.13. The molecule has 2 aromatic rings. The molecular formula is C13H11N3O2S. The van der Waals surface area contributed by atoms with Crippen LogP contribution in [-0.4, -0.2) is 21.6 Å². The largest absolute Gasteiger partial charge is 0.401 e. The summed E-state index contributed by atoms with van der Waals surface area (Å²) in [5.74, 6) is -0.0561. The van der Waals surface area contributed by atoms with Gasteiger partial charge in [-0.2, -0.15) is 5.10 Å². The van der Waals surface area contributed by atoms with E-state index in [1.165, 1.54) is 11.3 Å². The SMILES string of the molecule is Cc1nn(C)cc1C=C1N=C(c2cccs2)OC1=O. The molecule has 0 N–H and O–H groups in total. The van der Waals surface area contributed by atoms with Gasteiger partial charge in [-0.05, 0) is 24.4 Å². The first-order valence-corrected chi connectivity index (χ1v) is 6.58. The molecule has 96 valence electrons. The normalized spacial score (nSPS) is 16.8. The van der Waals surface area contributed by atoms with Crippen molar-refractivity contribution in [3.8, 4) is 0 Å². The van der Waals surface area contributed by atoms with Crippen LogP contribution in [0.2, 0.25) is 0 Å². The number of rotatable bonds is 2. The van der Waals surface area contributed by atoms with Crippen LogP contribution >= 0.6 is 11.3 Å². The van der Waals surface area contributed by atoms with E-state index >= 15 is 0 Å². The van der Waals surface area contributed by atoms with Gasteiger partial charge in [0.15, 0.2) is 5.70 Å². The van der Waals surface area contributed by atoms with Gasteiger partial charge in [0, 0.05) is 18.8 Å². The van der Waals surface area contributed by atoms with Crippen LogP contribution in [0, 0.1) is 6.92 Å². The van der Waals surface area contributed by atoms with Crippen LogP contribution < -0.4 is 0 Å². The second-order valence-electron chi connectivity index (χ2n) is 4.16. The van der Waals surface area contributed by atoms with Crippen LogP contribution in [0.5, 0.6) is 0 Å². The average Bonchev–Trinajstić information content (AvgIpc) is 3.03. The number of aromatic nitrogens is 2. The van der Waals surface area contributed by atoms with Gasteiger partial charge in [0.2, 0.25) is 5.90 Å². The minimum absolute atomic E-state index is 0.305. The fourth-order valence-electron chi connectivity index (χ4n) is 1.82. The second kappa shape index (κ2) is 4.47. The fraction of sp³-hybridized carbons (Fsp3) is 0.154. The Balaban J connectivity index is 1.97. The molecule has 0 saturated heterocycles. The Morgan fingerprint density at radius 3 is 2.95 bits per heavy atom. The summed E-state index contributed by atoms with van der Waals surface area (Å²) >= 11 is 1.49. The third-order valence-electron chi connectivity index (χ3n) is 2.70. The number of carbonyl (C=O) groups is 1. The number of cyclic esters (lactones) is 1. The molecule has 1 aliphatic rings. The van der Waals surface area contributed by atoms with E-state index in [2.05, 4.69) is 10.1 Å². The molecule has 0 atom stereocenters. The van der Waals surface area contributed by atoms with Crippen LogP contribution in [0.25, 0.3) is 6.08 Å². The summed E-state index contributed by atoms with van der Waals surface area (Å²) in [5, 5.41) is 6.14. The summed E-state index contributed by atoms with van der Waals surface area (Å²) < 4.78 is 6.86. The Morgan fingerprint density at radius 1 is 1.47 bits per heavy atom. The summed E-state index contributed by atoms with van der Waals surface area (Å²) in [6, 6.07) is 3.76. The Morgan fingerprint density at radius 2 is 2.32 bits per heavy atom. The lowest BCUT2D eigenvalue weighted by Gasteiger charge is -1.92. The molecule has 19 heavy (non-hydrogen) atoms. The van der Waals surface area contributed by atoms with E-state index in [0.717, 1.165) is 16.1 Å². The van der Waals surface area contributed by atoms with E-state index in [1.54, 1.807) is 10.8 Å². The first kappa shape index (κ1) is 11.9. The van der Waals surface area contributed by atoms with Crippen LogP contribution in [-0.2, 0) is 16.6 Å². The van der Waals surface area contributed by atoms with Gasteiger partial charge >= 0.3 is 5.97 Å². The standard InChI is InChI=1S/C13H11N3O2S/c1-8-9(7-16(2)15-8)6-10-13(17)18-12(14-10)11-4-3-5-19-11/h3-7H,1-2H3. The van der Waals surface area contributed by atoms with Gasteiger partial charge in [0.25, 0.3) is 0 Å². The Bertz CT molecular complexity index is 696. The highest BCUT2D eigenvalue weighted by atomic mass is 32.1. The lowest BCUT2D eigenvalue weighted by molar-refractivity contribution is -0.129. The van der Waals surface area contributed by atoms with Crippen LogP contribution in [0.15, 0.2) is 34.4 Å². The molecule has 0 aromatic carbocycles. The molecule has 3 rings (SSSR count). The summed E-state index contributed by atoms with van der Waals surface area (Å²) in [6.45, 7) is 1.89. The molecule has 1 aliphatic heterocycles. The number of esters is 1. The monoisotopic (exact) mass is 273 g/mol. The third-order valence-corrected chi connectivity index (χ3v) is 3.55. The molecule has 0 saturated carbocycles. The quantitative estimate of drug-likeness (QED) is 0.622. The number of carbonyl (C=O) groups excluding carboxylic acids is 1. The number of aliphatic imine (C=N–C) groups is 1. The minimum Gasteiger partial charge on any atom is -0.401 e. The number of aryl methyl sites for hydroxylation is 2. The van der Waals surface area contributed by atoms with Gasteiger partial charge in [-0.25, -0.2) is 9.79 Å². The topological polar surface area (TPSA) is 56.5 Å². The highest BCUT2D eigenvalue weighted by Gasteiger charge is 2.25. The first-order valence-electron chi connectivity index (χ1n) is 5.70. The number of hydrogen-bond acceptors (Lipinski definition) is 5. The number of ether oxygens (including phenoxy) is 1. The van der Waals surface area contributed by atoms with E-state index in [9.17, 15) is 4.79 Å². The molecule has 0 bridgehead atoms. The predicted molar refractivity (Wildman–Crippen MR) is 72.9 cm³/mol. The van der Waals surface area contributed by atoms with Gasteiger partial charge in [-0.15, -0.1) is 11.3 Å². The molecule has 5 nitrogen and oxygen atoms in total. The molecule has 0 spiro atoms. The van der Waals surface area contributed by atoms with Crippen molar-refractivity contribution in [1.29, 1.82) is 0 Å². The summed E-state index contributed by atoms with van der Waals surface area (Å²) in [6.07, 6.45) is 3.54. The molecule has 2 aromatic heterocycles. The van der Waals surface area contributed by atoms with Gasteiger partial charge < -0.3 is 4.74 Å². The smallest absolute Gasteiger partial charge is 0.363 e. The zero-order valence-corrected chi connectivity index (χ0v) is 11.3. The third kappa shape index (κ3) is 2.22. The summed E-state index contributed by atoms with van der Waals surface area (Å²) in [4.78, 5) is 16.9. The number of nitrogens with zero attached hydrogens (tertiary/aromatic N) is 3. The van der Waals surface area contributed by atoms with E-state index in [0.29, 0.717) is 11.6 Å². The molecule has 0 radical (unpaired) electrons. The summed E-state index contributed by atoms with van der Waals surface area (Å²) in [5.41, 5.74) is 2.02. The average molecular weight is 273 g/mol. The highest BCUT2D eigenvalue weighted by Crippen LogP contribution is 2.22. The van der Waals surface area contributed by atoms with Gasteiger partial charge in [0.05, 0.1) is 10.6 Å².